The van der Waals surface area contributed by atoms with E-state index in [2.05, 4.69) is 39.4 Å². The first-order valence-corrected chi connectivity index (χ1v) is 12.1. The summed E-state index contributed by atoms with van der Waals surface area (Å²) in [6.07, 6.45) is 2.94. The van der Waals surface area contributed by atoms with E-state index in [0.717, 1.165) is 26.6 Å². The molecule has 0 unspecified atom stereocenters. The normalized spacial score (nSPS) is 11.1. The first-order chi connectivity index (χ1) is 17.5. The zero-order valence-corrected chi connectivity index (χ0v) is 20.4. The number of nitrogens with one attached hydrogen (secondary N) is 2. The number of hydrogen-bond donors (Lipinski definition) is 3. The van der Waals surface area contributed by atoms with Crippen LogP contribution in [0.2, 0.25) is 0 Å². The molecule has 180 valence electrons. The van der Waals surface area contributed by atoms with Gasteiger partial charge in [0.1, 0.15) is 17.9 Å². The highest BCUT2D eigenvalue weighted by Crippen LogP contribution is 2.38. The molecule has 0 bridgehead atoms. The highest BCUT2D eigenvalue weighted by atomic mass is 32.2. The van der Waals surface area contributed by atoms with Crippen molar-refractivity contribution in [2.75, 3.05) is 10.6 Å². The van der Waals surface area contributed by atoms with Gasteiger partial charge >= 0.3 is 0 Å². The first kappa shape index (κ1) is 23.4. The summed E-state index contributed by atoms with van der Waals surface area (Å²) in [6.45, 7) is 4.17. The summed E-state index contributed by atoms with van der Waals surface area (Å²) in [4.78, 5) is 27.9. The van der Waals surface area contributed by atoms with Crippen molar-refractivity contribution in [2.24, 2.45) is 0 Å². The number of phenols is 1. The molecule has 1 amide bonds. The van der Waals surface area contributed by atoms with Gasteiger partial charge in [-0.1, -0.05) is 25.6 Å². The Kier molecular flexibility index (Phi) is 6.55. The SMILES string of the molecule is CC(C)c1ccc2c(Nc3cc(NC(=O)c4ccco4)ccc3Sc3ccc(O)cc3)ncnc2n1. The van der Waals surface area contributed by atoms with Crippen LogP contribution >= 0.6 is 11.8 Å². The predicted octanol–water partition coefficient (Wildman–Crippen LogP) is 6.59. The van der Waals surface area contributed by atoms with Crippen molar-refractivity contribution in [3.8, 4) is 5.75 Å². The molecular formula is C27H23N5O3S. The zero-order valence-electron chi connectivity index (χ0n) is 19.6. The van der Waals surface area contributed by atoms with Crippen molar-refractivity contribution in [1.29, 1.82) is 0 Å². The lowest BCUT2D eigenvalue weighted by Gasteiger charge is -2.15. The van der Waals surface area contributed by atoms with Crippen LogP contribution in [0.25, 0.3) is 11.0 Å². The topological polar surface area (TPSA) is 113 Å². The Labute approximate surface area is 211 Å². The summed E-state index contributed by atoms with van der Waals surface area (Å²) in [5.74, 6) is 0.964. The second-order valence-electron chi connectivity index (χ2n) is 8.35. The van der Waals surface area contributed by atoms with Crippen molar-refractivity contribution < 1.29 is 14.3 Å². The number of benzene rings is 2. The molecule has 9 heteroatoms. The Balaban J connectivity index is 1.51. The van der Waals surface area contributed by atoms with Crippen LogP contribution in [0.5, 0.6) is 5.75 Å². The van der Waals surface area contributed by atoms with Crippen molar-refractivity contribution in [3.63, 3.8) is 0 Å². The molecule has 8 nitrogen and oxygen atoms in total. The second kappa shape index (κ2) is 10.1. The molecule has 0 atom stereocenters. The van der Waals surface area contributed by atoms with E-state index in [0.29, 0.717) is 17.2 Å². The van der Waals surface area contributed by atoms with Gasteiger partial charge in [-0.25, -0.2) is 15.0 Å². The fourth-order valence-electron chi connectivity index (χ4n) is 3.54. The van der Waals surface area contributed by atoms with Gasteiger partial charge in [0.15, 0.2) is 11.4 Å². The van der Waals surface area contributed by atoms with Crippen LogP contribution in [0.1, 0.15) is 36.0 Å². The third kappa shape index (κ3) is 5.16. The van der Waals surface area contributed by atoms with E-state index >= 15 is 0 Å². The highest BCUT2D eigenvalue weighted by Gasteiger charge is 2.14. The molecule has 0 aliphatic rings. The average molecular weight is 498 g/mol. The standard InChI is InChI=1S/C27H23N5O3S/c1-16(2)21-11-10-20-25(31-21)28-15-29-26(20)32-22-14-17(30-27(34)23-4-3-13-35-23)5-12-24(22)36-19-8-6-18(33)7-9-19/h3-16,33H,1-2H3,(H,30,34)(H,28,29,31,32). The van der Waals surface area contributed by atoms with Gasteiger partial charge in [-0.15, -0.1) is 0 Å². The van der Waals surface area contributed by atoms with Gasteiger partial charge < -0.3 is 20.2 Å². The summed E-state index contributed by atoms with van der Waals surface area (Å²) in [7, 11) is 0. The van der Waals surface area contributed by atoms with E-state index in [1.54, 1.807) is 24.3 Å². The molecule has 0 spiro atoms. The van der Waals surface area contributed by atoms with Gasteiger partial charge in [-0.3, -0.25) is 4.79 Å². The number of furan rings is 1. The number of aromatic hydroxyl groups is 1. The van der Waals surface area contributed by atoms with Gasteiger partial charge in [0.05, 0.1) is 17.3 Å². The van der Waals surface area contributed by atoms with Crippen molar-refractivity contribution in [2.45, 2.75) is 29.6 Å². The summed E-state index contributed by atoms with van der Waals surface area (Å²) in [5.41, 5.74) is 2.89. The molecule has 5 rings (SSSR count). The Morgan fingerprint density at radius 2 is 1.86 bits per heavy atom. The molecule has 0 fully saturated rings. The van der Waals surface area contributed by atoms with Crippen LogP contribution in [0.3, 0.4) is 0 Å². The fourth-order valence-corrected chi connectivity index (χ4v) is 4.42. The van der Waals surface area contributed by atoms with E-state index in [1.807, 2.05) is 42.5 Å². The van der Waals surface area contributed by atoms with Crippen molar-refractivity contribution in [1.82, 2.24) is 15.0 Å². The summed E-state index contributed by atoms with van der Waals surface area (Å²) in [5, 5.41) is 16.7. The average Bonchev–Trinajstić information content (AvgIpc) is 3.42. The number of carbonyl (C=O) groups is 1. The van der Waals surface area contributed by atoms with Crippen LogP contribution in [-0.2, 0) is 0 Å². The molecule has 0 radical (unpaired) electrons. The van der Waals surface area contributed by atoms with Gasteiger partial charge in [0.25, 0.3) is 5.91 Å². The molecule has 0 aliphatic heterocycles. The van der Waals surface area contributed by atoms with Crippen LogP contribution in [0.15, 0.2) is 93.5 Å². The second-order valence-corrected chi connectivity index (χ2v) is 9.46. The van der Waals surface area contributed by atoms with Crippen LogP contribution < -0.4 is 10.6 Å². The zero-order chi connectivity index (χ0) is 25.1. The number of aromatic nitrogens is 3. The Morgan fingerprint density at radius 3 is 2.61 bits per heavy atom. The number of pyridine rings is 1. The monoisotopic (exact) mass is 497 g/mol. The molecule has 2 aromatic carbocycles. The lowest BCUT2D eigenvalue weighted by Crippen LogP contribution is -2.11. The molecule has 5 aromatic rings. The lowest BCUT2D eigenvalue weighted by atomic mass is 10.1. The molecule has 0 aliphatic carbocycles. The number of carbonyl (C=O) groups excluding carboxylic acids is 1. The highest BCUT2D eigenvalue weighted by molar-refractivity contribution is 7.99. The molecule has 0 saturated carbocycles. The minimum atomic E-state index is -0.345. The smallest absolute Gasteiger partial charge is 0.291 e. The Bertz CT molecular complexity index is 1520. The van der Waals surface area contributed by atoms with Gasteiger partial charge in [0.2, 0.25) is 0 Å². The fraction of sp³-hybridized carbons (Fsp3) is 0.111. The quantitative estimate of drug-likeness (QED) is 0.231. The number of rotatable bonds is 7. The van der Waals surface area contributed by atoms with Crippen LogP contribution in [0, 0.1) is 0 Å². The largest absolute Gasteiger partial charge is 0.508 e. The number of amides is 1. The first-order valence-electron chi connectivity index (χ1n) is 11.3. The lowest BCUT2D eigenvalue weighted by molar-refractivity contribution is 0.0996. The van der Waals surface area contributed by atoms with E-state index in [9.17, 15) is 9.90 Å². The molecule has 0 saturated heterocycles. The van der Waals surface area contributed by atoms with E-state index in [-0.39, 0.29) is 23.3 Å². The minimum absolute atomic E-state index is 0.203. The molecule has 3 N–H and O–H groups in total. The number of hydrogen-bond acceptors (Lipinski definition) is 8. The maximum atomic E-state index is 12.5. The predicted molar refractivity (Wildman–Crippen MR) is 140 cm³/mol. The number of anilines is 3. The van der Waals surface area contributed by atoms with E-state index in [1.165, 1.54) is 24.4 Å². The number of phenolic OH excluding ortho intramolecular Hbond substituents is 1. The summed E-state index contributed by atoms with van der Waals surface area (Å²) >= 11 is 1.52. The minimum Gasteiger partial charge on any atom is -0.508 e. The summed E-state index contributed by atoms with van der Waals surface area (Å²) < 4.78 is 5.20. The van der Waals surface area contributed by atoms with Crippen molar-refractivity contribution >= 4 is 45.9 Å². The summed E-state index contributed by atoms with van der Waals surface area (Å²) in [6, 6.07) is 19.8. The van der Waals surface area contributed by atoms with Crippen molar-refractivity contribution in [3.05, 3.63) is 90.8 Å². The van der Waals surface area contributed by atoms with Gasteiger partial charge in [-0.2, -0.15) is 0 Å². The van der Waals surface area contributed by atoms with Gasteiger partial charge in [-0.05, 0) is 72.6 Å². The third-order valence-corrected chi connectivity index (χ3v) is 6.49. The Morgan fingerprint density at radius 1 is 1.03 bits per heavy atom. The maximum Gasteiger partial charge on any atom is 0.291 e. The third-order valence-electron chi connectivity index (χ3n) is 5.41. The van der Waals surface area contributed by atoms with E-state index < -0.39 is 0 Å². The molecule has 36 heavy (non-hydrogen) atoms. The van der Waals surface area contributed by atoms with E-state index in [4.69, 9.17) is 4.42 Å². The number of fused-ring (bicyclic) bond motifs is 1. The maximum absolute atomic E-state index is 12.5. The van der Waals surface area contributed by atoms with Crippen LogP contribution in [-0.4, -0.2) is 26.0 Å². The molecular weight excluding hydrogens is 474 g/mol. The Hall–Kier alpha value is -4.37. The molecule has 3 heterocycles. The van der Waals surface area contributed by atoms with Crippen LogP contribution in [0.4, 0.5) is 17.2 Å². The van der Waals surface area contributed by atoms with Gasteiger partial charge in [0, 0.05) is 21.2 Å². The molecule has 3 aromatic heterocycles. The number of nitrogens with zero attached hydrogens (tertiary/aromatic N) is 3.